The van der Waals surface area contributed by atoms with Crippen LogP contribution in [-0.4, -0.2) is 49.1 Å². The van der Waals surface area contributed by atoms with Crippen LogP contribution in [0.3, 0.4) is 0 Å². The molecule has 0 bridgehead atoms. The molecule has 2 aliphatic heterocycles. The quantitative estimate of drug-likeness (QED) is 0.688. The molecule has 0 spiro atoms. The van der Waals surface area contributed by atoms with Crippen LogP contribution in [0, 0.1) is 11.8 Å². The molecule has 0 amide bonds. The molecule has 3 unspecified atom stereocenters. The Morgan fingerprint density at radius 2 is 2.00 bits per heavy atom. The van der Waals surface area contributed by atoms with E-state index in [-0.39, 0.29) is 0 Å². The van der Waals surface area contributed by atoms with Crippen molar-refractivity contribution in [2.24, 2.45) is 11.8 Å². The van der Waals surface area contributed by atoms with Crippen LogP contribution in [0.4, 0.5) is 0 Å². The van der Waals surface area contributed by atoms with Gasteiger partial charge in [-0.25, -0.2) is 0 Å². The monoisotopic (exact) mass is 210 g/mol. The summed E-state index contributed by atoms with van der Waals surface area (Å²) in [5, 5.41) is 0. The molecule has 2 nitrogen and oxygen atoms in total. The molecular weight excluding hydrogens is 184 g/mol. The van der Waals surface area contributed by atoms with E-state index >= 15 is 0 Å². The van der Waals surface area contributed by atoms with Crippen LogP contribution in [0.25, 0.3) is 0 Å². The zero-order valence-electron chi connectivity index (χ0n) is 10.6. The van der Waals surface area contributed by atoms with Crippen LogP contribution in [0.1, 0.15) is 33.1 Å². The van der Waals surface area contributed by atoms with Crippen molar-refractivity contribution in [3.8, 4) is 0 Å². The third-order valence-electron chi connectivity index (χ3n) is 4.23. The lowest BCUT2D eigenvalue weighted by atomic mass is 9.88. The molecular formula is C13H26N2. The number of hydrogen-bond acceptors (Lipinski definition) is 2. The largest absolute Gasteiger partial charge is 0.305 e. The molecule has 3 atom stereocenters. The highest BCUT2D eigenvalue weighted by Crippen LogP contribution is 2.27. The van der Waals surface area contributed by atoms with Gasteiger partial charge in [0.15, 0.2) is 0 Å². The lowest BCUT2D eigenvalue weighted by Crippen LogP contribution is -2.46. The lowest BCUT2D eigenvalue weighted by Gasteiger charge is -2.39. The number of likely N-dealkylation sites (tertiary alicyclic amines) is 2. The predicted octanol–water partition coefficient (Wildman–Crippen LogP) is 2.06. The maximum Gasteiger partial charge on any atom is 0.0235 e. The van der Waals surface area contributed by atoms with Gasteiger partial charge in [0.2, 0.25) is 0 Å². The van der Waals surface area contributed by atoms with Gasteiger partial charge in [-0.1, -0.05) is 20.3 Å². The van der Waals surface area contributed by atoms with Crippen molar-refractivity contribution >= 4 is 0 Å². The fourth-order valence-corrected chi connectivity index (χ4v) is 3.33. The average Bonchev–Trinajstić information content (AvgIpc) is 2.64. The third kappa shape index (κ3) is 2.73. The van der Waals surface area contributed by atoms with E-state index in [4.69, 9.17) is 0 Å². The molecule has 88 valence electrons. The first-order chi connectivity index (χ1) is 7.19. The van der Waals surface area contributed by atoms with Gasteiger partial charge in [-0.2, -0.15) is 0 Å². The summed E-state index contributed by atoms with van der Waals surface area (Å²) in [6, 6.07) is 0.854. The summed E-state index contributed by atoms with van der Waals surface area (Å²) in [6.07, 6.45) is 4.21. The zero-order chi connectivity index (χ0) is 10.8. The maximum atomic E-state index is 2.77. The molecule has 0 radical (unpaired) electrons. The van der Waals surface area contributed by atoms with Crippen molar-refractivity contribution in [2.45, 2.75) is 39.2 Å². The van der Waals surface area contributed by atoms with E-state index in [1.54, 1.807) is 0 Å². The van der Waals surface area contributed by atoms with E-state index in [0.717, 1.165) is 17.9 Å². The second-order valence-corrected chi connectivity index (χ2v) is 5.77. The maximum absolute atomic E-state index is 2.77. The Labute approximate surface area is 94.6 Å². The zero-order valence-corrected chi connectivity index (χ0v) is 10.6. The molecule has 2 heterocycles. The van der Waals surface area contributed by atoms with Gasteiger partial charge in [-0.15, -0.1) is 0 Å². The third-order valence-corrected chi connectivity index (χ3v) is 4.23. The summed E-state index contributed by atoms with van der Waals surface area (Å²) >= 11 is 0. The second-order valence-electron chi connectivity index (χ2n) is 5.77. The van der Waals surface area contributed by atoms with Crippen molar-refractivity contribution in [2.75, 3.05) is 33.2 Å². The number of nitrogens with zero attached hydrogens (tertiary/aromatic N) is 2. The van der Waals surface area contributed by atoms with Gasteiger partial charge in [0.25, 0.3) is 0 Å². The smallest absolute Gasteiger partial charge is 0.0235 e. The molecule has 15 heavy (non-hydrogen) atoms. The first kappa shape index (κ1) is 11.4. The fourth-order valence-electron chi connectivity index (χ4n) is 3.33. The van der Waals surface area contributed by atoms with Crippen molar-refractivity contribution in [1.29, 1.82) is 0 Å². The van der Waals surface area contributed by atoms with Gasteiger partial charge in [-0.3, -0.25) is 4.90 Å². The minimum Gasteiger partial charge on any atom is -0.305 e. The molecule has 0 N–H and O–H groups in total. The Balaban J connectivity index is 1.91. The van der Waals surface area contributed by atoms with Crippen LogP contribution in [-0.2, 0) is 0 Å². The van der Waals surface area contributed by atoms with Crippen LogP contribution >= 0.6 is 0 Å². The van der Waals surface area contributed by atoms with Crippen molar-refractivity contribution in [1.82, 2.24) is 9.80 Å². The van der Waals surface area contributed by atoms with Crippen molar-refractivity contribution < 1.29 is 0 Å². The van der Waals surface area contributed by atoms with Crippen LogP contribution < -0.4 is 0 Å². The van der Waals surface area contributed by atoms with E-state index in [9.17, 15) is 0 Å². The minimum absolute atomic E-state index is 0.854. The van der Waals surface area contributed by atoms with Crippen molar-refractivity contribution in [3.05, 3.63) is 0 Å². The molecule has 0 aliphatic carbocycles. The van der Waals surface area contributed by atoms with E-state index in [1.165, 1.54) is 45.4 Å². The normalized spacial score (nSPS) is 39.8. The topological polar surface area (TPSA) is 6.48 Å². The van der Waals surface area contributed by atoms with Crippen molar-refractivity contribution in [3.63, 3.8) is 0 Å². The van der Waals surface area contributed by atoms with Gasteiger partial charge in [0.05, 0.1) is 0 Å². The number of piperidine rings is 1. The molecule has 2 saturated heterocycles. The predicted molar refractivity (Wildman–Crippen MR) is 65.0 cm³/mol. The SMILES string of the molecule is CCC1CC(C)CN(C2CCN(C)C2)C1. The summed E-state index contributed by atoms with van der Waals surface area (Å²) in [4.78, 5) is 5.25. The van der Waals surface area contributed by atoms with Gasteiger partial charge in [0, 0.05) is 25.7 Å². The van der Waals surface area contributed by atoms with E-state index in [0.29, 0.717) is 0 Å². The first-order valence-electron chi connectivity index (χ1n) is 6.61. The molecule has 0 saturated carbocycles. The van der Waals surface area contributed by atoms with Crippen LogP contribution in [0.2, 0.25) is 0 Å². The Morgan fingerprint density at radius 1 is 1.20 bits per heavy atom. The number of likely N-dealkylation sites (N-methyl/N-ethyl adjacent to an activating group) is 1. The molecule has 0 aromatic rings. The van der Waals surface area contributed by atoms with Gasteiger partial charge in [-0.05, 0) is 38.3 Å². The second kappa shape index (κ2) is 4.84. The summed E-state index contributed by atoms with van der Waals surface area (Å²) in [5.41, 5.74) is 0. The summed E-state index contributed by atoms with van der Waals surface area (Å²) in [7, 11) is 2.25. The number of rotatable bonds is 2. The Hall–Kier alpha value is -0.0800. The van der Waals surface area contributed by atoms with Crippen LogP contribution in [0.15, 0.2) is 0 Å². The highest BCUT2D eigenvalue weighted by atomic mass is 15.2. The summed E-state index contributed by atoms with van der Waals surface area (Å²) < 4.78 is 0. The first-order valence-corrected chi connectivity index (χ1v) is 6.61. The summed E-state index contributed by atoms with van der Waals surface area (Å²) in [6.45, 7) is 10.1. The standard InChI is InChI=1S/C13H26N2/c1-4-12-7-11(2)8-15(9-12)13-5-6-14(3)10-13/h11-13H,4-10H2,1-3H3. The summed E-state index contributed by atoms with van der Waals surface area (Å²) in [5.74, 6) is 1.87. The Morgan fingerprint density at radius 3 is 2.60 bits per heavy atom. The number of hydrogen-bond donors (Lipinski definition) is 0. The van der Waals surface area contributed by atoms with E-state index in [1.807, 2.05) is 0 Å². The molecule has 2 rings (SSSR count). The molecule has 2 heteroatoms. The average molecular weight is 210 g/mol. The van der Waals surface area contributed by atoms with Gasteiger partial charge < -0.3 is 4.90 Å². The molecule has 0 aromatic heterocycles. The van der Waals surface area contributed by atoms with Gasteiger partial charge in [0.1, 0.15) is 0 Å². The van der Waals surface area contributed by atoms with E-state index < -0.39 is 0 Å². The Bertz CT molecular complexity index is 205. The highest BCUT2D eigenvalue weighted by molar-refractivity contribution is 4.86. The fraction of sp³-hybridized carbons (Fsp3) is 1.00. The van der Waals surface area contributed by atoms with Gasteiger partial charge >= 0.3 is 0 Å². The lowest BCUT2D eigenvalue weighted by molar-refractivity contribution is 0.0906. The van der Waals surface area contributed by atoms with Crippen LogP contribution in [0.5, 0.6) is 0 Å². The molecule has 2 aliphatic rings. The minimum atomic E-state index is 0.854. The Kier molecular flexibility index (Phi) is 3.68. The highest BCUT2D eigenvalue weighted by Gasteiger charge is 2.31. The molecule has 0 aromatic carbocycles. The van der Waals surface area contributed by atoms with E-state index in [2.05, 4.69) is 30.7 Å². The molecule has 2 fully saturated rings.